The van der Waals surface area contributed by atoms with E-state index in [0.29, 0.717) is 18.2 Å². The van der Waals surface area contributed by atoms with Gasteiger partial charge in [0.2, 0.25) is 5.88 Å². The molecule has 0 aromatic carbocycles. The molecule has 3 rings (SSSR count). The molecule has 3 aromatic heterocycles. The second-order valence-corrected chi connectivity index (χ2v) is 4.27. The molecule has 0 saturated carbocycles. The van der Waals surface area contributed by atoms with Crippen LogP contribution in [0.3, 0.4) is 0 Å². The first-order valence-electron chi connectivity index (χ1n) is 6.05. The molecule has 0 aliphatic heterocycles. The molecule has 3 heterocycles. The zero-order valence-electron chi connectivity index (χ0n) is 10.9. The number of nitrogens with zero attached hydrogens (tertiary/aromatic N) is 4. The largest absolute Gasteiger partial charge is 0.434 e. The Morgan fingerprint density at radius 1 is 1.37 bits per heavy atom. The van der Waals surface area contributed by atoms with Gasteiger partial charge in [-0.2, -0.15) is 10.1 Å². The maximum absolute atomic E-state index is 5.81. The van der Waals surface area contributed by atoms with Gasteiger partial charge in [-0.15, -0.1) is 0 Å². The second kappa shape index (κ2) is 4.74. The lowest BCUT2D eigenvalue weighted by Crippen LogP contribution is -2.08. The Bertz CT molecular complexity index is 700. The van der Waals surface area contributed by atoms with E-state index in [-0.39, 0.29) is 0 Å². The Morgan fingerprint density at radius 2 is 2.26 bits per heavy atom. The van der Waals surface area contributed by atoms with Gasteiger partial charge in [0, 0.05) is 19.8 Å². The first-order valence-corrected chi connectivity index (χ1v) is 6.05. The highest BCUT2D eigenvalue weighted by atomic mass is 16.5. The van der Waals surface area contributed by atoms with E-state index in [0.717, 1.165) is 11.3 Å². The summed E-state index contributed by atoms with van der Waals surface area (Å²) in [7, 11) is 3.75. The average molecular weight is 257 g/mol. The standard InChI is InChI=1S/C13H15N5O/c1-14-8-11-13(19-10-7-15-17(2)9-10)16-12-5-3-4-6-18(11)12/h3-7,9,14H,8H2,1-2H3. The van der Waals surface area contributed by atoms with Gasteiger partial charge in [0.1, 0.15) is 11.3 Å². The zero-order chi connectivity index (χ0) is 13.2. The maximum Gasteiger partial charge on any atom is 0.242 e. The van der Waals surface area contributed by atoms with E-state index < -0.39 is 0 Å². The average Bonchev–Trinajstić information content (AvgIpc) is 2.96. The summed E-state index contributed by atoms with van der Waals surface area (Å²) in [6, 6.07) is 5.89. The number of hydrogen-bond donors (Lipinski definition) is 1. The number of imidazole rings is 1. The number of aryl methyl sites for hydroxylation is 1. The highest BCUT2D eigenvalue weighted by Crippen LogP contribution is 2.25. The summed E-state index contributed by atoms with van der Waals surface area (Å²) >= 11 is 0. The van der Waals surface area contributed by atoms with Crippen LogP contribution in [0.4, 0.5) is 0 Å². The molecule has 0 saturated heterocycles. The van der Waals surface area contributed by atoms with Crippen LogP contribution in [-0.4, -0.2) is 26.2 Å². The van der Waals surface area contributed by atoms with E-state index in [1.165, 1.54) is 0 Å². The van der Waals surface area contributed by atoms with Crippen molar-refractivity contribution in [1.29, 1.82) is 0 Å². The number of ether oxygens (including phenoxy) is 1. The third-order valence-electron chi connectivity index (χ3n) is 2.83. The molecule has 98 valence electrons. The number of pyridine rings is 1. The van der Waals surface area contributed by atoms with E-state index in [4.69, 9.17) is 4.74 Å². The molecule has 0 atom stereocenters. The zero-order valence-corrected chi connectivity index (χ0v) is 10.9. The first-order chi connectivity index (χ1) is 9.28. The summed E-state index contributed by atoms with van der Waals surface area (Å²) in [6.07, 6.45) is 5.46. The van der Waals surface area contributed by atoms with E-state index >= 15 is 0 Å². The molecule has 19 heavy (non-hydrogen) atoms. The SMILES string of the molecule is CNCc1c(Oc2cnn(C)c2)nc2ccccn12. The van der Waals surface area contributed by atoms with E-state index in [1.54, 1.807) is 10.9 Å². The number of aromatic nitrogens is 4. The Labute approximate surface area is 110 Å². The molecule has 0 radical (unpaired) electrons. The van der Waals surface area contributed by atoms with E-state index in [2.05, 4.69) is 15.4 Å². The Balaban J connectivity index is 2.04. The van der Waals surface area contributed by atoms with Crippen LogP contribution in [0, 0.1) is 0 Å². The molecule has 6 heteroatoms. The quantitative estimate of drug-likeness (QED) is 0.771. The second-order valence-electron chi connectivity index (χ2n) is 4.27. The molecular formula is C13H15N5O. The van der Waals surface area contributed by atoms with Gasteiger partial charge in [0.25, 0.3) is 0 Å². The Morgan fingerprint density at radius 3 is 3.00 bits per heavy atom. The Hall–Kier alpha value is -2.34. The summed E-state index contributed by atoms with van der Waals surface area (Å²) in [5, 5.41) is 7.22. The van der Waals surface area contributed by atoms with Gasteiger partial charge in [-0.3, -0.25) is 9.08 Å². The predicted molar refractivity (Wildman–Crippen MR) is 71.2 cm³/mol. The van der Waals surface area contributed by atoms with Gasteiger partial charge in [-0.05, 0) is 19.2 Å². The smallest absolute Gasteiger partial charge is 0.242 e. The van der Waals surface area contributed by atoms with E-state index in [9.17, 15) is 0 Å². The molecule has 0 aliphatic carbocycles. The summed E-state index contributed by atoms with van der Waals surface area (Å²) in [6.45, 7) is 0.681. The molecule has 0 unspecified atom stereocenters. The molecular weight excluding hydrogens is 242 g/mol. The van der Waals surface area contributed by atoms with Gasteiger partial charge >= 0.3 is 0 Å². The van der Waals surface area contributed by atoms with Gasteiger partial charge < -0.3 is 10.1 Å². The van der Waals surface area contributed by atoms with Crippen molar-refractivity contribution in [3.63, 3.8) is 0 Å². The van der Waals surface area contributed by atoms with Crippen LogP contribution in [-0.2, 0) is 13.6 Å². The minimum Gasteiger partial charge on any atom is -0.434 e. The lowest BCUT2D eigenvalue weighted by molar-refractivity contribution is 0.456. The number of nitrogens with one attached hydrogen (secondary N) is 1. The van der Waals surface area contributed by atoms with Crippen LogP contribution >= 0.6 is 0 Å². The predicted octanol–water partition coefficient (Wildman–Crippen LogP) is 1.58. The van der Waals surface area contributed by atoms with Gasteiger partial charge in [-0.1, -0.05) is 6.07 Å². The van der Waals surface area contributed by atoms with Crippen LogP contribution in [0.15, 0.2) is 36.8 Å². The number of rotatable bonds is 4. The van der Waals surface area contributed by atoms with Crippen LogP contribution in [0.5, 0.6) is 11.6 Å². The summed E-state index contributed by atoms with van der Waals surface area (Å²) < 4.78 is 9.53. The molecule has 0 spiro atoms. The molecule has 0 amide bonds. The van der Waals surface area contributed by atoms with Crippen LogP contribution in [0.1, 0.15) is 5.69 Å². The molecule has 0 bridgehead atoms. The van der Waals surface area contributed by atoms with Gasteiger partial charge in [-0.25, -0.2) is 0 Å². The molecule has 1 N–H and O–H groups in total. The van der Waals surface area contributed by atoms with Crippen molar-refractivity contribution in [2.45, 2.75) is 6.54 Å². The van der Waals surface area contributed by atoms with Crippen LogP contribution < -0.4 is 10.1 Å². The third kappa shape index (κ3) is 2.17. The molecule has 6 nitrogen and oxygen atoms in total. The Kier molecular flexibility index (Phi) is 2.92. The summed E-state index contributed by atoms with van der Waals surface area (Å²) in [4.78, 5) is 4.50. The topological polar surface area (TPSA) is 56.4 Å². The van der Waals surface area contributed by atoms with Crippen molar-refractivity contribution < 1.29 is 4.74 Å². The lowest BCUT2D eigenvalue weighted by atomic mass is 10.4. The number of fused-ring (bicyclic) bond motifs is 1. The van der Waals surface area contributed by atoms with Gasteiger partial charge in [0.05, 0.1) is 12.4 Å². The lowest BCUT2D eigenvalue weighted by Gasteiger charge is -2.04. The normalized spacial score (nSPS) is 11.1. The monoisotopic (exact) mass is 257 g/mol. The fourth-order valence-electron chi connectivity index (χ4n) is 2.00. The number of hydrogen-bond acceptors (Lipinski definition) is 4. The summed E-state index contributed by atoms with van der Waals surface area (Å²) in [5.74, 6) is 1.29. The van der Waals surface area contributed by atoms with Crippen molar-refractivity contribution in [3.8, 4) is 11.6 Å². The van der Waals surface area contributed by atoms with Crippen molar-refractivity contribution in [2.24, 2.45) is 7.05 Å². The van der Waals surface area contributed by atoms with Crippen molar-refractivity contribution >= 4 is 5.65 Å². The van der Waals surface area contributed by atoms with Crippen molar-refractivity contribution in [3.05, 3.63) is 42.5 Å². The fraction of sp³-hybridized carbons (Fsp3) is 0.231. The van der Waals surface area contributed by atoms with Crippen molar-refractivity contribution in [1.82, 2.24) is 24.5 Å². The van der Waals surface area contributed by atoms with Crippen molar-refractivity contribution in [2.75, 3.05) is 7.05 Å². The van der Waals surface area contributed by atoms with Crippen LogP contribution in [0.25, 0.3) is 5.65 Å². The highest BCUT2D eigenvalue weighted by Gasteiger charge is 2.13. The minimum absolute atomic E-state index is 0.605. The third-order valence-corrected chi connectivity index (χ3v) is 2.83. The fourth-order valence-corrected chi connectivity index (χ4v) is 2.00. The first kappa shape index (κ1) is 11.7. The van der Waals surface area contributed by atoms with E-state index in [1.807, 2.05) is 49.1 Å². The summed E-state index contributed by atoms with van der Waals surface area (Å²) in [5.41, 5.74) is 1.86. The maximum atomic E-state index is 5.81. The van der Waals surface area contributed by atoms with Gasteiger partial charge in [0.15, 0.2) is 5.75 Å². The minimum atomic E-state index is 0.605. The molecule has 0 fully saturated rings. The molecule has 0 aliphatic rings. The van der Waals surface area contributed by atoms with Crippen LogP contribution in [0.2, 0.25) is 0 Å². The molecule has 3 aromatic rings. The highest BCUT2D eigenvalue weighted by molar-refractivity contribution is 5.46.